The number of aromatic nitrogens is 3. The number of aryl methyl sites for hydroxylation is 1. The summed E-state index contributed by atoms with van der Waals surface area (Å²) in [5.41, 5.74) is 1.14. The van der Waals surface area contributed by atoms with Crippen molar-refractivity contribution in [3.8, 4) is 0 Å². The number of nitrogens with zero attached hydrogens (tertiary/aromatic N) is 3. The van der Waals surface area contributed by atoms with E-state index in [1.165, 1.54) is 19.3 Å². The smallest absolute Gasteiger partial charge is 0.0828 e. The summed E-state index contributed by atoms with van der Waals surface area (Å²) >= 11 is 0. The Bertz CT molecular complexity index is 401. The maximum absolute atomic E-state index is 8.82. The van der Waals surface area contributed by atoms with Gasteiger partial charge in [-0.1, -0.05) is 5.21 Å². The minimum absolute atomic E-state index is 0.153. The fraction of sp³-hybridized carbons (Fsp3) is 0.846. The molecule has 1 saturated carbocycles. The number of hydrogen-bond donors (Lipinski definition) is 1. The lowest BCUT2D eigenvalue weighted by Gasteiger charge is -2.47. The van der Waals surface area contributed by atoms with E-state index in [4.69, 9.17) is 9.84 Å². The van der Waals surface area contributed by atoms with Gasteiger partial charge in [0.2, 0.25) is 0 Å². The third-order valence-electron chi connectivity index (χ3n) is 4.25. The van der Waals surface area contributed by atoms with Crippen LogP contribution in [-0.2, 0) is 11.2 Å². The minimum Gasteiger partial charge on any atom is -0.396 e. The van der Waals surface area contributed by atoms with Gasteiger partial charge in [-0.15, -0.1) is 5.10 Å². The molecule has 1 aliphatic carbocycles. The lowest BCUT2D eigenvalue weighted by atomic mass is 9.74. The van der Waals surface area contributed by atoms with Crippen molar-refractivity contribution in [2.45, 2.75) is 56.6 Å². The van der Waals surface area contributed by atoms with Crippen LogP contribution in [0.25, 0.3) is 0 Å². The molecule has 1 saturated heterocycles. The molecule has 18 heavy (non-hydrogen) atoms. The first-order chi connectivity index (χ1) is 8.81. The van der Waals surface area contributed by atoms with Crippen LogP contribution in [0.15, 0.2) is 6.20 Å². The largest absolute Gasteiger partial charge is 0.396 e. The van der Waals surface area contributed by atoms with Gasteiger partial charge in [-0.25, -0.2) is 4.68 Å². The Kier molecular flexibility index (Phi) is 3.35. The van der Waals surface area contributed by atoms with E-state index in [0.29, 0.717) is 6.04 Å². The SMILES string of the molecule is OCCCc1cn(C2CCOC3(CCC3)C2)nn1. The van der Waals surface area contributed by atoms with Crippen LogP contribution in [0.3, 0.4) is 0 Å². The van der Waals surface area contributed by atoms with E-state index in [9.17, 15) is 0 Å². The summed E-state index contributed by atoms with van der Waals surface area (Å²) < 4.78 is 7.94. The minimum atomic E-state index is 0.153. The molecule has 3 rings (SSSR count). The molecule has 0 radical (unpaired) electrons. The maximum atomic E-state index is 8.82. The molecule has 0 bridgehead atoms. The van der Waals surface area contributed by atoms with E-state index < -0.39 is 0 Å². The number of hydrogen-bond acceptors (Lipinski definition) is 4. The Hall–Kier alpha value is -0.940. The van der Waals surface area contributed by atoms with Gasteiger partial charge in [0.1, 0.15) is 0 Å². The standard InChI is InChI=1S/C13H21N3O2/c17-7-1-3-11-10-16(15-14-11)12-4-8-18-13(9-12)5-2-6-13/h10,12,17H,1-9H2. The van der Waals surface area contributed by atoms with Gasteiger partial charge in [0.15, 0.2) is 0 Å². The van der Waals surface area contributed by atoms with Crippen LogP contribution in [0, 0.1) is 0 Å². The second kappa shape index (κ2) is 4.97. The van der Waals surface area contributed by atoms with Crippen molar-refractivity contribution in [2.24, 2.45) is 0 Å². The van der Waals surface area contributed by atoms with Crippen molar-refractivity contribution >= 4 is 0 Å². The fourth-order valence-electron chi connectivity index (χ4n) is 3.01. The molecular formula is C13H21N3O2. The molecule has 100 valence electrons. The molecule has 0 aromatic carbocycles. The number of rotatable bonds is 4. The molecular weight excluding hydrogens is 230 g/mol. The van der Waals surface area contributed by atoms with Crippen molar-refractivity contribution in [3.05, 3.63) is 11.9 Å². The zero-order valence-electron chi connectivity index (χ0n) is 10.7. The van der Waals surface area contributed by atoms with Crippen LogP contribution in [0.4, 0.5) is 0 Å². The zero-order chi connectivity index (χ0) is 12.4. The Labute approximate surface area is 107 Å². The van der Waals surface area contributed by atoms with Gasteiger partial charge in [-0.3, -0.25) is 0 Å². The Morgan fingerprint density at radius 3 is 3.11 bits per heavy atom. The highest BCUT2D eigenvalue weighted by Crippen LogP contribution is 2.45. The van der Waals surface area contributed by atoms with Crippen molar-refractivity contribution in [3.63, 3.8) is 0 Å². The highest BCUT2D eigenvalue weighted by Gasteiger charge is 2.43. The summed E-state index contributed by atoms with van der Waals surface area (Å²) in [5, 5.41) is 17.2. The summed E-state index contributed by atoms with van der Waals surface area (Å²) in [6.45, 7) is 1.06. The molecule has 0 amide bonds. The van der Waals surface area contributed by atoms with Crippen molar-refractivity contribution in [1.29, 1.82) is 0 Å². The second-order valence-corrected chi connectivity index (χ2v) is 5.55. The predicted molar refractivity (Wildman–Crippen MR) is 66.2 cm³/mol. The highest BCUT2D eigenvalue weighted by atomic mass is 16.5. The zero-order valence-corrected chi connectivity index (χ0v) is 10.7. The average Bonchev–Trinajstić information content (AvgIpc) is 2.83. The lowest BCUT2D eigenvalue weighted by molar-refractivity contribution is -0.141. The van der Waals surface area contributed by atoms with Gasteiger partial charge in [-0.2, -0.15) is 0 Å². The van der Waals surface area contributed by atoms with Crippen LogP contribution >= 0.6 is 0 Å². The van der Waals surface area contributed by atoms with E-state index in [1.54, 1.807) is 0 Å². The Morgan fingerprint density at radius 2 is 2.39 bits per heavy atom. The quantitative estimate of drug-likeness (QED) is 0.880. The van der Waals surface area contributed by atoms with E-state index in [1.807, 2.05) is 10.9 Å². The van der Waals surface area contributed by atoms with Crippen LogP contribution in [0.1, 0.15) is 50.3 Å². The van der Waals surface area contributed by atoms with Gasteiger partial charge in [0.25, 0.3) is 0 Å². The molecule has 5 nitrogen and oxygen atoms in total. The van der Waals surface area contributed by atoms with Crippen molar-refractivity contribution in [2.75, 3.05) is 13.2 Å². The van der Waals surface area contributed by atoms with Crippen LogP contribution in [0.5, 0.6) is 0 Å². The highest BCUT2D eigenvalue weighted by molar-refractivity contribution is 4.98. The molecule has 2 heterocycles. The van der Waals surface area contributed by atoms with E-state index >= 15 is 0 Å². The summed E-state index contributed by atoms with van der Waals surface area (Å²) in [7, 11) is 0. The summed E-state index contributed by atoms with van der Waals surface area (Å²) in [4.78, 5) is 0. The number of aliphatic hydroxyl groups is 1. The van der Waals surface area contributed by atoms with Gasteiger partial charge >= 0.3 is 0 Å². The maximum Gasteiger partial charge on any atom is 0.0828 e. The Morgan fingerprint density at radius 1 is 1.50 bits per heavy atom. The predicted octanol–water partition coefficient (Wildman–Crippen LogP) is 1.48. The van der Waals surface area contributed by atoms with Gasteiger partial charge in [-0.05, 0) is 44.9 Å². The first-order valence-corrected chi connectivity index (χ1v) is 6.97. The van der Waals surface area contributed by atoms with Gasteiger partial charge in [0.05, 0.1) is 17.3 Å². The molecule has 1 N–H and O–H groups in total. The molecule has 1 aromatic rings. The first-order valence-electron chi connectivity index (χ1n) is 6.97. The van der Waals surface area contributed by atoms with Crippen LogP contribution in [0.2, 0.25) is 0 Å². The van der Waals surface area contributed by atoms with E-state index in [0.717, 1.165) is 38.0 Å². The molecule has 1 aliphatic heterocycles. The molecule has 1 atom stereocenters. The lowest BCUT2D eigenvalue weighted by Crippen LogP contribution is -2.46. The first kappa shape index (κ1) is 12.1. The second-order valence-electron chi connectivity index (χ2n) is 5.55. The summed E-state index contributed by atoms with van der Waals surface area (Å²) in [6, 6.07) is 0.439. The van der Waals surface area contributed by atoms with E-state index in [2.05, 4.69) is 10.3 Å². The van der Waals surface area contributed by atoms with E-state index in [-0.39, 0.29) is 12.2 Å². The van der Waals surface area contributed by atoms with Crippen molar-refractivity contribution < 1.29 is 9.84 Å². The Balaban J connectivity index is 1.64. The van der Waals surface area contributed by atoms with Crippen LogP contribution in [-0.4, -0.2) is 38.9 Å². The summed E-state index contributed by atoms with van der Waals surface area (Å²) in [6.07, 6.45) is 9.43. The van der Waals surface area contributed by atoms with Crippen molar-refractivity contribution in [1.82, 2.24) is 15.0 Å². The summed E-state index contributed by atoms with van der Waals surface area (Å²) in [5.74, 6) is 0. The average molecular weight is 251 g/mol. The molecule has 2 aliphatic rings. The van der Waals surface area contributed by atoms with Gasteiger partial charge < -0.3 is 9.84 Å². The number of aliphatic hydroxyl groups excluding tert-OH is 1. The molecule has 1 spiro atoms. The normalized spacial score (nSPS) is 26.2. The fourth-order valence-corrected chi connectivity index (χ4v) is 3.01. The third kappa shape index (κ3) is 2.29. The molecule has 5 heteroatoms. The monoisotopic (exact) mass is 251 g/mol. The molecule has 1 unspecified atom stereocenters. The third-order valence-corrected chi connectivity index (χ3v) is 4.25. The van der Waals surface area contributed by atoms with Crippen LogP contribution < -0.4 is 0 Å². The number of ether oxygens (including phenoxy) is 1. The molecule has 2 fully saturated rings. The molecule has 1 aromatic heterocycles. The topological polar surface area (TPSA) is 60.2 Å². The van der Waals surface area contributed by atoms with Gasteiger partial charge in [0, 0.05) is 19.4 Å².